The van der Waals surface area contributed by atoms with Crippen LogP contribution in [0.25, 0.3) is 11.4 Å². The first-order valence-electron chi connectivity index (χ1n) is 7.83. The molecule has 2 rings (SSSR count). The van der Waals surface area contributed by atoms with E-state index in [-0.39, 0.29) is 17.9 Å². The maximum atomic E-state index is 11.4. The Hall–Kier alpha value is -2.57. The minimum Gasteiger partial charge on any atom is -0.493 e. The monoisotopic (exact) mass is 333 g/mol. The second-order valence-corrected chi connectivity index (χ2v) is 5.59. The van der Waals surface area contributed by atoms with Gasteiger partial charge in [0.1, 0.15) is 6.04 Å². The molecule has 0 aliphatic heterocycles. The molecule has 7 nitrogen and oxygen atoms in total. The molecule has 0 spiro atoms. The van der Waals surface area contributed by atoms with Crippen molar-refractivity contribution in [2.45, 2.75) is 33.2 Å². The Bertz CT molecular complexity index is 699. The number of hydrogen-bond donors (Lipinski definition) is 1. The molecule has 24 heavy (non-hydrogen) atoms. The summed E-state index contributed by atoms with van der Waals surface area (Å²) in [7, 11) is 3.15. The van der Waals surface area contributed by atoms with Crippen LogP contribution in [-0.2, 0) is 4.79 Å². The molecule has 1 amide bonds. The van der Waals surface area contributed by atoms with Gasteiger partial charge in [0.25, 0.3) is 0 Å². The predicted molar refractivity (Wildman–Crippen MR) is 88.9 cm³/mol. The fourth-order valence-electron chi connectivity index (χ4n) is 2.36. The lowest BCUT2D eigenvalue weighted by atomic mass is 9.99. The SMILES string of the molecule is CCC(C)C(NC(C)=O)c1nc(-c2ccc(OC)c(OC)c2)no1. The highest BCUT2D eigenvalue weighted by Gasteiger charge is 2.25. The quantitative estimate of drug-likeness (QED) is 0.838. The van der Waals surface area contributed by atoms with Gasteiger partial charge in [0.15, 0.2) is 11.5 Å². The van der Waals surface area contributed by atoms with E-state index in [1.54, 1.807) is 26.4 Å². The Balaban J connectivity index is 2.33. The minimum atomic E-state index is -0.311. The molecule has 0 saturated carbocycles. The smallest absolute Gasteiger partial charge is 0.249 e. The molecule has 0 saturated heterocycles. The summed E-state index contributed by atoms with van der Waals surface area (Å²) in [5, 5.41) is 6.90. The van der Waals surface area contributed by atoms with Gasteiger partial charge >= 0.3 is 0 Å². The van der Waals surface area contributed by atoms with Crippen molar-refractivity contribution in [1.82, 2.24) is 15.5 Å². The third kappa shape index (κ3) is 3.84. The molecule has 2 aromatic rings. The van der Waals surface area contributed by atoms with E-state index in [2.05, 4.69) is 15.5 Å². The summed E-state index contributed by atoms with van der Waals surface area (Å²) in [6.07, 6.45) is 0.874. The summed E-state index contributed by atoms with van der Waals surface area (Å²) < 4.78 is 15.9. The molecule has 2 atom stereocenters. The molecule has 1 N–H and O–H groups in total. The van der Waals surface area contributed by atoms with E-state index in [9.17, 15) is 4.79 Å². The molecule has 0 bridgehead atoms. The van der Waals surface area contributed by atoms with Gasteiger partial charge in [0, 0.05) is 12.5 Å². The second-order valence-electron chi connectivity index (χ2n) is 5.59. The Labute approximate surface area is 141 Å². The number of aromatic nitrogens is 2. The summed E-state index contributed by atoms with van der Waals surface area (Å²) in [6, 6.07) is 5.08. The number of amides is 1. The van der Waals surface area contributed by atoms with Crippen LogP contribution in [0.5, 0.6) is 11.5 Å². The van der Waals surface area contributed by atoms with Crippen molar-refractivity contribution in [3.8, 4) is 22.9 Å². The normalized spacial score (nSPS) is 13.2. The van der Waals surface area contributed by atoms with E-state index in [1.165, 1.54) is 6.92 Å². The van der Waals surface area contributed by atoms with Crippen LogP contribution in [0, 0.1) is 5.92 Å². The fourth-order valence-corrected chi connectivity index (χ4v) is 2.36. The number of benzene rings is 1. The van der Waals surface area contributed by atoms with Crippen LogP contribution < -0.4 is 14.8 Å². The van der Waals surface area contributed by atoms with E-state index in [0.717, 1.165) is 12.0 Å². The Morgan fingerprint density at radius 1 is 1.29 bits per heavy atom. The minimum absolute atomic E-state index is 0.133. The number of methoxy groups -OCH3 is 2. The first-order valence-corrected chi connectivity index (χ1v) is 7.83. The third-order valence-electron chi connectivity index (χ3n) is 3.92. The topological polar surface area (TPSA) is 86.5 Å². The Morgan fingerprint density at radius 2 is 2.00 bits per heavy atom. The molecular formula is C17H23N3O4. The van der Waals surface area contributed by atoms with Crippen molar-refractivity contribution < 1.29 is 18.8 Å². The van der Waals surface area contributed by atoms with E-state index >= 15 is 0 Å². The summed E-state index contributed by atoms with van der Waals surface area (Å²) in [6.45, 7) is 5.55. The number of ether oxygens (including phenoxy) is 2. The number of hydrogen-bond acceptors (Lipinski definition) is 6. The number of nitrogens with one attached hydrogen (secondary N) is 1. The number of rotatable bonds is 7. The van der Waals surface area contributed by atoms with E-state index in [4.69, 9.17) is 14.0 Å². The Kier molecular flexibility index (Phi) is 5.78. The molecule has 0 aliphatic rings. The van der Waals surface area contributed by atoms with Gasteiger partial charge in [-0.2, -0.15) is 4.98 Å². The molecule has 130 valence electrons. The molecule has 0 fully saturated rings. The van der Waals surface area contributed by atoms with Gasteiger partial charge < -0.3 is 19.3 Å². The van der Waals surface area contributed by atoms with E-state index in [0.29, 0.717) is 23.2 Å². The fraction of sp³-hybridized carbons (Fsp3) is 0.471. The molecular weight excluding hydrogens is 310 g/mol. The van der Waals surface area contributed by atoms with Crippen molar-refractivity contribution in [3.63, 3.8) is 0 Å². The first kappa shape index (κ1) is 17.8. The number of carbonyl (C=O) groups excluding carboxylic acids is 1. The highest BCUT2D eigenvalue weighted by atomic mass is 16.5. The molecule has 7 heteroatoms. The number of nitrogens with zero attached hydrogens (tertiary/aromatic N) is 2. The van der Waals surface area contributed by atoms with Gasteiger partial charge in [-0.3, -0.25) is 4.79 Å². The third-order valence-corrected chi connectivity index (χ3v) is 3.92. The van der Waals surface area contributed by atoms with Crippen LogP contribution in [0.4, 0.5) is 0 Å². The van der Waals surface area contributed by atoms with Gasteiger partial charge in [-0.15, -0.1) is 0 Å². The number of carbonyl (C=O) groups is 1. The first-order chi connectivity index (χ1) is 11.5. The summed E-state index contributed by atoms with van der Waals surface area (Å²) in [4.78, 5) is 15.9. The average Bonchev–Trinajstić information content (AvgIpc) is 3.07. The zero-order valence-corrected chi connectivity index (χ0v) is 14.6. The standard InChI is InChI=1S/C17H23N3O4/c1-6-10(2)15(18-11(3)21)17-19-16(20-24-17)12-7-8-13(22-4)14(9-12)23-5/h7-10,15H,6H2,1-5H3,(H,18,21). The van der Waals surface area contributed by atoms with Crippen molar-refractivity contribution in [1.29, 1.82) is 0 Å². The maximum absolute atomic E-state index is 11.4. The van der Waals surface area contributed by atoms with Crippen molar-refractivity contribution in [3.05, 3.63) is 24.1 Å². The average molecular weight is 333 g/mol. The van der Waals surface area contributed by atoms with Crippen molar-refractivity contribution >= 4 is 5.91 Å². The highest BCUT2D eigenvalue weighted by Crippen LogP contribution is 2.32. The lowest BCUT2D eigenvalue weighted by molar-refractivity contribution is -0.120. The van der Waals surface area contributed by atoms with Crippen LogP contribution in [0.3, 0.4) is 0 Å². The molecule has 1 aromatic heterocycles. The second kappa shape index (κ2) is 7.81. The highest BCUT2D eigenvalue weighted by molar-refractivity contribution is 5.73. The van der Waals surface area contributed by atoms with Crippen LogP contribution in [0.1, 0.15) is 39.1 Å². The van der Waals surface area contributed by atoms with Crippen molar-refractivity contribution in [2.24, 2.45) is 5.92 Å². The Morgan fingerprint density at radius 3 is 2.58 bits per heavy atom. The van der Waals surface area contributed by atoms with E-state index in [1.807, 2.05) is 19.9 Å². The van der Waals surface area contributed by atoms with Gasteiger partial charge in [0.05, 0.1) is 14.2 Å². The summed E-state index contributed by atoms with van der Waals surface area (Å²) in [5.74, 6) is 2.08. The van der Waals surface area contributed by atoms with Crippen LogP contribution in [-0.4, -0.2) is 30.3 Å². The predicted octanol–water partition coefficient (Wildman–Crippen LogP) is 2.98. The van der Waals surface area contributed by atoms with E-state index < -0.39 is 0 Å². The van der Waals surface area contributed by atoms with Crippen LogP contribution in [0.15, 0.2) is 22.7 Å². The molecule has 0 radical (unpaired) electrons. The molecule has 1 aromatic carbocycles. The van der Waals surface area contributed by atoms with Gasteiger partial charge in [-0.1, -0.05) is 25.4 Å². The van der Waals surface area contributed by atoms with Crippen LogP contribution in [0.2, 0.25) is 0 Å². The maximum Gasteiger partial charge on any atom is 0.249 e. The summed E-state index contributed by atoms with van der Waals surface area (Å²) >= 11 is 0. The lowest BCUT2D eigenvalue weighted by Gasteiger charge is -2.19. The zero-order chi connectivity index (χ0) is 17.7. The molecule has 0 aliphatic carbocycles. The van der Waals surface area contributed by atoms with Crippen LogP contribution >= 0.6 is 0 Å². The largest absolute Gasteiger partial charge is 0.493 e. The van der Waals surface area contributed by atoms with Crippen molar-refractivity contribution in [2.75, 3.05) is 14.2 Å². The lowest BCUT2D eigenvalue weighted by Crippen LogP contribution is -2.30. The zero-order valence-electron chi connectivity index (χ0n) is 14.6. The summed E-state index contributed by atoms with van der Waals surface area (Å²) in [5.41, 5.74) is 0.744. The molecule has 1 heterocycles. The molecule has 2 unspecified atom stereocenters. The van der Waals surface area contributed by atoms with Gasteiger partial charge in [-0.05, 0) is 24.1 Å². The van der Waals surface area contributed by atoms with Gasteiger partial charge in [-0.25, -0.2) is 0 Å². The van der Waals surface area contributed by atoms with Gasteiger partial charge in [0.2, 0.25) is 17.6 Å².